The maximum Gasteiger partial charge on any atom is 0.223 e. The summed E-state index contributed by atoms with van der Waals surface area (Å²) in [4.78, 5) is 15.9. The van der Waals surface area contributed by atoms with Crippen molar-refractivity contribution in [2.45, 2.75) is 12.8 Å². The van der Waals surface area contributed by atoms with Crippen molar-refractivity contribution in [3.8, 4) is 0 Å². The van der Waals surface area contributed by atoms with Crippen LogP contribution in [0.4, 0.5) is 5.13 Å². The predicted octanol–water partition coefficient (Wildman–Crippen LogP) is 3.00. The lowest BCUT2D eigenvalue weighted by atomic mass is 10.3. The molecule has 0 radical (unpaired) electrons. The summed E-state index contributed by atoms with van der Waals surface area (Å²) in [5.74, 6) is 0.467. The van der Waals surface area contributed by atoms with Crippen LogP contribution >= 0.6 is 27.3 Å². The molecule has 0 spiro atoms. The number of nitrogens with one attached hydrogen (secondary N) is 2. The number of amides is 1. The van der Waals surface area contributed by atoms with Gasteiger partial charge >= 0.3 is 0 Å². The van der Waals surface area contributed by atoms with Gasteiger partial charge in [-0.2, -0.15) is 0 Å². The fourth-order valence-electron chi connectivity index (χ4n) is 1.82. The first-order chi connectivity index (χ1) is 9.22. The Morgan fingerprint density at radius 1 is 1.42 bits per heavy atom. The third kappa shape index (κ3) is 3.25. The SMILES string of the molecule is O=C(NCCNc1nc2cc(Br)ccc2s1)C1CC1. The summed E-state index contributed by atoms with van der Waals surface area (Å²) >= 11 is 5.07. The fraction of sp³-hybridized carbons (Fsp3) is 0.385. The maximum atomic E-state index is 11.4. The molecule has 1 amide bonds. The molecule has 1 fully saturated rings. The van der Waals surface area contributed by atoms with Gasteiger partial charge < -0.3 is 10.6 Å². The van der Waals surface area contributed by atoms with Crippen molar-refractivity contribution in [3.05, 3.63) is 22.7 Å². The molecule has 1 heterocycles. The minimum absolute atomic E-state index is 0.190. The van der Waals surface area contributed by atoms with Crippen molar-refractivity contribution in [3.63, 3.8) is 0 Å². The Balaban J connectivity index is 1.52. The summed E-state index contributed by atoms with van der Waals surface area (Å²) in [6, 6.07) is 6.07. The van der Waals surface area contributed by atoms with E-state index in [-0.39, 0.29) is 11.8 Å². The highest BCUT2D eigenvalue weighted by Gasteiger charge is 2.28. The van der Waals surface area contributed by atoms with Crippen molar-refractivity contribution in [2.24, 2.45) is 5.92 Å². The molecule has 0 saturated heterocycles. The van der Waals surface area contributed by atoms with Gasteiger partial charge in [0.1, 0.15) is 0 Å². The highest BCUT2D eigenvalue weighted by atomic mass is 79.9. The van der Waals surface area contributed by atoms with Crippen molar-refractivity contribution in [1.82, 2.24) is 10.3 Å². The number of thiazole rings is 1. The normalized spacial score (nSPS) is 14.6. The average molecular weight is 340 g/mol. The number of aromatic nitrogens is 1. The van der Waals surface area contributed by atoms with E-state index in [9.17, 15) is 4.79 Å². The van der Waals surface area contributed by atoms with E-state index < -0.39 is 0 Å². The highest BCUT2D eigenvalue weighted by molar-refractivity contribution is 9.10. The molecule has 4 nitrogen and oxygen atoms in total. The van der Waals surface area contributed by atoms with Crippen LogP contribution in [0.3, 0.4) is 0 Å². The van der Waals surface area contributed by atoms with E-state index in [0.717, 1.165) is 32.7 Å². The Morgan fingerprint density at radius 3 is 3.05 bits per heavy atom. The Bertz CT molecular complexity index is 609. The van der Waals surface area contributed by atoms with Crippen LogP contribution in [-0.2, 0) is 4.79 Å². The number of halogens is 1. The maximum absolute atomic E-state index is 11.4. The average Bonchev–Trinajstić information content (AvgIpc) is 3.16. The predicted molar refractivity (Wildman–Crippen MR) is 81.5 cm³/mol. The summed E-state index contributed by atoms with van der Waals surface area (Å²) in [5.41, 5.74) is 0.990. The van der Waals surface area contributed by atoms with Crippen LogP contribution in [0.2, 0.25) is 0 Å². The van der Waals surface area contributed by atoms with Crippen molar-refractivity contribution in [1.29, 1.82) is 0 Å². The van der Waals surface area contributed by atoms with E-state index in [1.165, 1.54) is 0 Å². The summed E-state index contributed by atoms with van der Waals surface area (Å²) in [6.07, 6.45) is 2.10. The van der Waals surface area contributed by atoms with Gasteiger partial charge in [-0.15, -0.1) is 0 Å². The van der Waals surface area contributed by atoms with E-state index in [4.69, 9.17) is 0 Å². The minimum Gasteiger partial charge on any atom is -0.360 e. The first kappa shape index (κ1) is 12.9. The Labute approximate surface area is 123 Å². The fourth-order valence-corrected chi connectivity index (χ4v) is 3.04. The number of hydrogen-bond donors (Lipinski definition) is 2. The molecule has 0 bridgehead atoms. The largest absolute Gasteiger partial charge is 0.360 e. The lowest BCUT2D eigenvalue weighted by molar-refractivity contribution is -0.122. The molecule has 0 aliphatic heterocycles. The van der Waals surface area contributed by atoms with Crippen LogP contribution in [-0.4, -0.2) is 24.0 Å². The van der Waals surface area contributed by atoms with Gasteiger partial charge in [0.05, 0.1) is 10.2 Å². The molecule has 1 aromatic heterocycles. The molecule has 19 heavy (non-hydrogen) atoms. The summed E-state index contributed by atoms with van der Waals surface area (Å²) in [6.45, 7) is 1.36. The van der Waals surface area contributed by atoms with Gasteiger partial charge in [0.2, 0.25) is 5.91 Å². The molecule has 0 atom stereocenters. The molecule has 1 aromatic carbocycles. The first-order valence-electron chi connectivity index (χ1n) is 6.30. The van der Waals surface area contributed by atoms with Gasteiger partial charge in [-0.05, 0) is 31.0 Å². The number of rotatable bonds is 5. The smallest absolute Gasteiger partial charge is 0.223 e. The second-order valence-electron chi connectivity index (χ2n) is 4.62. The molecule has 100 valence electrons. The van der Waals surface area contributed by atoms with Crippen LogP contribution in [0.15, 0.2) is 22.7 Å². The summed E-state index contributed by atoms with van der Waals surface area (Å²) in [7, 11) is 0. The monoisotopic (exact) mass is 339 g/mol. The topological polar surface area (TPSA) is 54.0 Å². The second-order valence-corrected chi connectivity index (χ2v) is 6.57. The lowest BCUT2D eigenvalue weighted by Gasteiger charge is -2.04. The zero-order chi connectivity index (χ0) is 13.2. The zero-order valence-electron chi connectivity index (χ0n) is 10.3. The van der Waals surface area contributed by atoms with E-state index in [1.54, 1.807) is 11.3 Å². The van der Waals surface area contributed by atoms with Gasteiger partial charge in [0.15, 0.2) is 5.13 Å². The van der Waals surface area contributed by atoms with E-state index in [0.29, 0.717) is 13.1 Å². The van der Waals surface area contributed by atoms with Gasteiger partial charge in [-0.3, -0.25) is 4.79 Å². The molecular formula is C13H14BrN3OS. The molecule has 1 aliphatic carbocycles. The molecule has 2 aromatic rings. The quantitative estimate of drug-likeness (QED) is 0.823. The Kier molecular flexibility index (Phi) is 3.70. The third-order valence-electron chi connectivity index (χ3n) is 3.00. The van der Waals surface area contributed by atoms with Gasteiger partial charge in [0, 0.05) is 23.5 Å². The molecule has 2 N–H and O–H groups in total. The number of benzene rings is 1. The molecule has 6 heteroatoms. The molecule has 3 rings (SSSR count). The van der Waals surface area contributed by atoms with Crippen molar-refractivity contribution >= 4 is 48.5 Å². The third-order valence-corrected chi connectivity index (χ3v) is 4.49. The molecule has 1 saturated carbocycles. The number of nitrogens with zero attached hydrogens (tertiary/aromatic N) is 1. The van der Waals surface area contributed by atoms with Crippen molar-refractivity contribution < 1.29 is 4.79 Å². The minimum atomic E-state index is 0.190. The van der Waals surface area contributed by atoms with Crippen LogP contribution in [0.1, 0.15) is 12.8 Å². The van der Waals surface area contributed by atoms with Crippen molar-refractivity contribution in [2.75, 3.05) is 18.4 Å². The number of carbonyl (C=O) groups is 1. The lowest BCUT2D eigenvalue weighted by Crippen LogP contribution is -2.29. The zero-order valence-corrected chi connectivity index (χ0v) is 12.7. The van der Waals surface area contributed by atoms with Crippen LogP contribution in [0, 0.1) is 5.92 Å². The Hall–Kier alpha value is -1.14. The van der Waals surface area contributed by atoms with Gasteiger partial charge in [-0.25, -0.2) is 4.98 Å². The second kappa shape index (κ2) is 5.46. The van der Waals surface area contributed by atoms with Crippen LogP contribution < -0.4 is 10.6 Å². The van der Waals surface area contributed by atoms with E-state index in [1.807, 2.05) is 12.1 Å². The Morgan fingerprint density at radius 2 is 2.26 bits per heavy atom. The number of fused-ring (bicyclic) bond motifs is 1. The number of anilines is 1. The van der Waals surface area contributed by atoms with Gasteiger partial charge in [0.25, 0.3) is 0 Å². The summed E-state index contributed by atoms with van der Waals surface area (Å²) < 4.78 is 2.20. The van der Waals surface area contributed by atoms with E-state index in [2.05, 4.69) is 37.6 Å². The highest BCUT2D eigenvalue weighted by Crippen LogP contribution is 2.29. The number of hydrogen-bond acceptors (Lipinski definition) is 4. The summed E-state index contributed by atoms with van der Waals surface area (Å²) in [5, 5.41) is 7.07. The van der Waals surface area contributed by atoms with E-state index >= 15 is 0 Å². The number of carbonyl (C=O) groups excluding carboxylic acids is 1. The molecular weight excluding hydrogens is 326 g/mol. The standard InChI is InChI=1S/C13H14BrN3OS/c14-9-3-4-11-10(7-9)17-13(19-11)16-6-5-15-12(18)8-1-2-8/h3-4,7-8H,1-2,5-6H2,(H,15,18)(H,16,17). The first-order valence-corrected chi connectivity index (χ1v) is 7.91. The van der Waals surface area contributed by atoms with Gasteiger partial charge in [-0.1, -0.05) is 27.3 Å². The molecule has 1 aliphatic rings. The van der Waals surface area contributed by atoms with Crippen LogP contribution in [0.5, 0.6) is 0 Å². The van der Waals surface area contributed by atoms with Crippen LogP contribution in [0.25, 0.3) is 10.2 Å². The molecule has 0 unspecified atom stereocenters.